The molecule has 6 nitrogen and oxygen atoms in total. The van der Waals surface area contributed by atoms with Gasteiger partial charge in [0.05, 0.1) is 51.8 Å². The smallest absolute Gasteiger partial charge is 0.0958 e. The van der Waals surface area contributed by atoms with Gasteiger partial charge in [0.2, 0.25) is 0 Å². The molecule has 0 saturated heterocycles. The Morgan fingerprint density at radius 2 is 1.48 bits per heavy atom. The summed E-state index contributed by atoms with van der Waals surface area (Å²) in [5.74, 6) is 0. The maximum absolute atomic E-state index is 4.04. The Labute approximate surface area is 175 Å². The van der Waals surface area contributed by atoms with Crippen LogP contribution in [-0.4, -0.2) is 57.2 Å². The second kappa shape index (κ2) is 10.6. The number of benzene rings is 2. The van der Waals surface area contributed by atoms with Crippen LogP contribution in [0, 0.1) is 0 Å². The van der Waals surface area contributed by atoms with Crippen LogP contribution < -0.4 is 15.8 Å². The van der Waals surface area contributed by atoms with E-state index in [1.54, 1.807) is 6.21 Å². The highest BCUT2D eigenvalue weighted by Gasteiger charge is 2.11. The average Bonchev–Trinajstić information content (AvgIpc) is 2.67. The van der Waals surface area contributed by atoms with Crippen LogP contribution in [0.1, 0.15) is 26.3 Å². The summed E-state index contributed by atoms with van der Waals surface area (Å²) in [7, 11) is 6.68. The van der Waals surface area contributed by atoms with Gasteiger partial charge in [0.1, 0.15) is 0 Å². The Hall–Kier alpha value is -2.86. The van der Waals surface area contributed by atoms with E-state index in [1.807, 2.05) is 38.1 Å². The van der Waals surface area contributed by atoms with Gasteiger partial charge in [0, 0.05) is 17.9 Å². The molecule has 0 saturated carbocycles. The Morgan fingerprint density at radius 3 is 1.97 bits per heavy atom. The quantitative estimate of drug-likeness (QED) is 0.354. The molecule has 0 aromatic heterocycles. The summed E-state index contributed by atoms with van der Waals surface area (Å²) in [6.07, 6.45) is 1.75. The van der Waals surface area contributed by atoms with Crippen LogP contribution in [0.15, 0.2) is 58.7 Å². The summed E-state index contributed by atoms with van der Waals surface area (Å²) in [5, 5.41) is 8.06. The largest absolute Gasteiger partial charge is 0.366 e. The molecule has 0 atom stereocenters. The number of hydrogen-bond donors (Lipinski definition) is 2. The molecular weight excluding hydrogens is 360 g/mol. The van der Waals surface area contributed by atoms with E-state index in [1.165, 1.54) is 5.69 Å². The van der Waals surface area contributed by atoms with Gasteiger partial charge in [-0.25, -0.2) is 0 Å². The highest BCUT2D eigenvalue weighted by molar-refractivity contribution is 5.83. The van der Waals surface area contributed by atoms with Crippen LogP contribution >= 0.6 is 0 Å². The van der Waals surface area contributed by atoms with E-state index in [-0.39, 0.29) is 0 Å². The highest BCUT2D eigenvalue weighted by Crippen LogP contribution is 2.18. The molecule has 2 N–H and O–H groups in total. The summed E-state index contributed by atoms with van der Waals surface area (Å²) in [6.45, 7) is 9.21. The van der Waals surface area contributed by atoms with Crippen molar-refractivity contribution in [3.05, 3.63) is 54.1 Å². The molecule has 0 aliphatic rings. The topological polar surface area (TPSA) is 52.0 Å². The molecule has 0 aliphatic heterocycles. The molecule has 0 amide bonds. The van der Waals surface area contributed by atoms with Gasteiger partial charge in [-0.3, -0.25) is 0 Å². The maximum atomic E-state index is 4.04. The van der Waals surface area contributed by atoms with Crippen LogP contribution in [-0.2, 0) is 0 Å². The zero-order chi connectivity index (χ0) is 21.3. The molecule has 2 aromatic carbocycles. The number of quaternary nitrogens is 1. The van der Waals surface area contributed by atoms with Crippen molar-refractivity contribution in [2.75, 3.05) is 56.5 Å². The van der Waals surface area contributed by atoms with E-state index in [9.17, 15) is 0 Å². The summed E-state index contributed by atoms with van der Waals surface area (Å²) in [6, 6.07) is 16.6. The fraction of sp³-hybridized carbons (Fsp3) is 0.391. The summed E-state index contributed by atoms with van der Waals surface area (Å²) in [4.78, 5) is 2.41. The maximum Gasteiger partial charge on any atom is 0.0958 e. The van der Waals surface area contributed by atoms with Crippen molar-refractivity contribution in [3.8, 4) is 0 Å². The number of nitrogens with zero attached hydrogens (tertiary/aromatic N) is 4. The first-order chi connectivity index (χ1) is 13.8. The first-order valence-corrected chi connectivity index (χ1v) is 10.1. The van der Waals surface area contributed by atoms with Crippen molar-refractivity contribution in [1.82, 2.24) is 0 Å². The van der Waals surface area contributed by atoms with Crippen LogP contribution in [0.5, 0.6) is 0 Å². The van der Waals surface area contributed by atoms with Crippen LogP contribution in [0.25, 0.3) is 0 Å². The number of nitrogens with one attached hydrogen (secondary N) is 2. The SMILES string of the molecule is CCN(CC[N+](C)(C)C)c1ccc(NNc2ccc(/C=N/N=C(C)C)cc2)cc1. The molecule has 0 spiro atoms. The third kappa shape index (κ3) is 8.35. The van der Waals surface area contributed by atoms with Crippen molar-refractivity contribution in [2.24, 2.45) is 10.2 Å². The lowest BCUT2D eigenvalue weighted by molar-refractivity contribution is -0.868. The monoisotopic (exact) mass is 395 g/mol. The normalized spacial score (nSPS) is 11.4. The second-order valence-electron chi connectivity index (χ2n) is 8.30. The predicted molar refractivity (Wildman–Crippen MR) is 127 cm³/mol. The zero-order valence-electron chi connectivity index (χ0n) is 18.6. The predicted octanol–water partition coefficient (Wildman–Crippen LogP) is 4.47. The Morgan fingerprint density at radius 1 is 0.931 bits per heavy atom. The van der Waals surface area contributed by atoms with Gasteiger partial charge in [0.15, 0.2) is 0 Å². The van der Waals surface area contributed by atoms with E-state index in [4.69, 9.17) is 0 Å². The fourth-order valence-electron chi connectivity index (χ4n) is 2.65. The van der Waals surface area contributed by atoms with Gasteiger partial charge in [0.25, 0.3) is 0 Å². The minimum atomic E-state index is 0.935. The first-order valence-electron chi connectivity index (χ1n) is 10.1. The number of anilines is 3. The molecular formula is C23H35N6+. The third-order valence-corrected chi connectivity index (χ3v) is 4.38. The average molecular weight is 396 g/mol. The summed E-state index contributed by atoms with van der Waals surface area (Å²) < 4.78 is 0.968. The Balaban J connectivity index is 1.89. The van der Waals surface area contributed by atoms with Crippen molar-refractivity contribution in [1.29, 1.82) is 0 Å². The lowest BCUT2D eigenvalue weighted by Crippen LogP contribution is -2.42. The van der Waals surface area contributed by atoms with Gasteiger partial charge < -0.3 is 20.2 Å². The summed E-state index contributed by atoms with van der Waals surface area (Å²) >= 11 is 0. The Kier molecular flexibility index (Phi) is 8.21. The van der Waals surface area contributed by atoms with Crippen molar-refractivity contribution in [2.45, 2.75) is 20.8 Å². The van der Waals surface area contributed by atoms with Gasteiger partial charge in [-0.15, -0.1) is 0 Å². The molecule has 0 bridgehead atoms. The molecule has 156 valence electrons. The Bertz CT molecular complexity index is 797. The molecule has 6 heteroatoms. The van der Waals surface area contributed by atoms with E-state index >= 15 is 0 Å². The first kappa shape index (κ1) is 22.4. The highest BCUT2D eigenvalue weighted by atomic mass is 15.4. The molecule has 2 aromatic rings. The number of hydrazine groups is 1. The molecule has 0 unspecified atom stereocenters. The lowest BCUT2D eigenvalue weighted by Gasteiger charge is -2.29. The second-order valence-corrected chi connectivity index (χ2v) is 8.30. The number of rotatable bonds is 10. The van der Waals surface area contributed by atoms with E-state index in [0.717, 1.165) is 46.8 Å². The van der Waals surface area contributed by atoms with Crippen LogP contribution in [0.3, 0.4) is 0 Å². The molecule has 29 heavy (non-hydrogen) atoms. The van der Waals surface area contributed by atoms with Crippen molar-refractivity contribution >= 4 is 29.0 Å². The molecule has 0 radical (unpaired) electrons. The van der Waals surface area contributed by atoms with E-state index in [0.29, 0.717) is 0 Å². The van der Waals surface area contributed by atoms with E-state index in [2.05, 4.69) is 78.3 Å². The van der Waals surface area contributed by atoms with Crippen molar-refractivity contribution in [3.63, 3.8) is 0 Å². The summed E-state index contributed by atoms with van der Waals surface area (Å²) in [5.41, 5.74) is 11.7. The number of hydrogen-bond acceptors (Lipinski definition) is 5. The molecule has 0 heterocycles. The lowest BCUT2D eigenvalue weighted by atomic mass is 10.2. The minimum absolute atomic E-state index is 0.935. The molecule has 2 rings (SSSR count). The van der Waals surface area contributed by atoms with Gasteiger partial charge >= 0.3 is 0 Å². The number of likely N-dealkylation sites (N-methyl/N-ethyl adjacent to an activating group) is 2. The fourth-order valence-corrected chi connectivity index (χ4v) is 2.65. The van der Waals surface area contributed by atoms with Crippen LogP contribution in [0.2, 0.25) is 0 Å². The van der Waals surface area contributed by atoms with Crippen LogP contribution in [0.4, 0.5) is 17.1 Å². The van der Waals surface area contributed by atoms with Gasteiger partial charge in [-0.2, -0.15) is 10.2 Å². The minimum Gasteiger partial charge on any atom is -0.366 e. The van der Waals surface area contributed by atoms with Gasteiger partial charge in [-0.05, 0) is 62.7 Å². The third-order valence-electron chi connectivity index (χ3n) is 4.38. The molecule has 0 aliphatic carbocycles. The standard InChI is InChI=1S/C23H35N6/c1-7-28(16-17-29(4,5)6)23-14-12-22(13-15-23)27-26-21-10-8-20(9-11-21)18-24-25-19(2)3/h8-15,18,26-27H,7,16-17H2,1-6H3/q+1/b24-18+. The van der Waals surface area contributed by atoms with E-state index < -0.39 is 0 Å². The molecule has 0 fully saturated rings. The van der Waals surface area contributed by atoms with Crippen molar-refractivity contribution < 1.29 is 4.48 Å². The van der Waals surface area contributed by atoms with Gasteiger partial charge in [-0.1, -0.05) is 12.1 Å². The zero-order valence-corrected chi connectivity index (χ0v) is 18.6.